The van der Waals surface area contributed by atoms with Gasteiger partial charge in [0.1, 0.15) is 5.69 Å². The highest BCUT2D eigenvalue weighted by atomic mass is 16.5. The van der Waals surface area contributed by atoms with Crippen LogP contribution in [0.15, 0.2) is 24.3 Å². The third-order valence-corrected chi connectivity index (χ3v) is 4.09. The molecule has 27 heavy (non-hydrogen) atoms. The molecule has 6 heteroatoms. The molecule has 0 saturated carbocycles. The van der Waals surface area contributed by atoms with E-state index in [1.807, 2.05) is 25.1 Å². The summed E-state index contributed by atoms with van der Waals surface area (Å²) >= 11 is 0. The number of rotatable bonds is 8. The van der Waals surface area contributed by atoms with Gasteiger partial charge in [0.15, 0.2) is 17.3 Å². The number of aromatic amines is 1. The van der Waals surface area contributed by atoms with E-state index in [2.05, 4.69) is 4.98 Å². The zero-order valence-corrected chi connectivity index (χ0v) is 16.3. The average molecular weight is 371 g/mol. The molecule has 2 rings (SSSR count). The highest BCUT2D eigenvalue weighted by Crippen LogP contribution is 2.32. The lowest BCUT2D eigenvalue weighted by atomic mass is 10.0. The van der Waals surface area contributed by atoms with Crippen molar-refractivity contribution < 1.29 is 23.8 Å². The van der Waals surface area contributed by atoms with Crippen molar-refractivity contribution in [3.8, 4) is 11.5 Å². The number of aromatic nitrogens is 1. The van der Waals surface area contributed by atoms with Gasteiger partial charge in [-0.2, -0.15) is 0 Å². The van der Waals surface area contributed by atoms with E-state index in [1.54, 1.807) is 34.0 Å². The molecule has 6 nitrogen and oxygen atoms in total. The summed E-state index contributed by atoms with van der Waals surface area (Å²) in [6.45, 7) is 7.90. The van der Waals surface area contributed by atoms with Crippen molar-refractivity contribution in [1.82, 2.24) is 4.98 Å². The fourth-order valence-electron chi connectivity index (χ4n) is 2.93. The summed E-state index contributed by atoms with van der Waals surface area (Å²) < 4.78 is 16.0. The maximum absolute atomic E-state index is 12.7. The standard InChI is InChI=1S/C21H25NO5/c1-6-26-17-10-8-9-15(20(17)25-5)11-12-16(23)18-13(3)19(22-14(18)4)21(24)27-7-2/h8-12,22H,6-7H2,1-5H3/b12-11+. The van der Waals surface area contributed by atoms with Crippen LogP contribution in [0.1, 0.15) is 51.5 Å². The Bertz CT molecular complexity index is 864. The van der Waals surface area contributed by atoms with Crippen LogP contribution in [-0.2, 0) is 4.74 Å². The molecule has 0 aliphatic heterocycles. The van der Waals surface area contributed by atoms with Crippen LogP contribution in [0.25, 0.3) is 6.08 Å². The summed E-state index contributed by atoms with van der Waals surface area (Å²) in [6.07, 6.45) is 3.14. The zero-order chi connectivity index (χ0) is 20.0. The Morgan fingerprint density at radius 2 is 1.89 bits per heavy atom. The topological polar surface area (TPSA) is 77.6 Å². The van der Waals surface area contributed by atoms with E-state index in [4.69, 9.17) is 14.2 Å². The second kappa shape index (κ2) is 9.07. The van der Waals surface area contributed by atoms with Crippen LogP contribution >= 0.6 is 0 Å². The Labute approximate surface area is 159 Å². The lowest BCUT2D eigenvalue weighted by Gasteiger charge is -2.11. The van der Waals surface area contributed by atoms with Gasteiger partial charge in [0.2, 0.25) is 0 Å². The Morgan fingerprint density at radius 3 is 2.52 bits per heavy atom. The third kappa shape index (κ3) is 4.39. The maximum atomic E-state index is 12.7. The minimum Gasteiger partial charge on any atom is -0.492 e. The molecule has 0 atom stereocenters. The third-order valence-electron chi connectivity index (χ3n) is 4.09. The molecule has 0 amide bonds. The van der Waals surface area contributed by atoms with Gasteiger partial charge >= 0.3 is 5.97 Å². The van der Waals surface area contributed by atoms with Gasteiger partial charge in [0.05, 0.1) is 20.3 Å². The first-order chi connectivity index (χ1) is 12.9. The van der Waals surface area contributed by atoms with E-state index in [1.165, 1.54) is 6.08 Å². The first kappa shape index (κ1) is 20.3. The SMILES string of the molecule is CCOC(=O)c1[nH]c(C)c(C(=O)/C=C/c2cccc(OCC)c2OC)c1C. The van der Waals surface area contributed by atoms with Crippen molar-refractivity contribution in [2.75, 3.05) is 20.3 Å². The van der Waals surface area contributed by atoms with E-state index in [-0.39, 0.29) is 12.4 Å². The number of hydrogen-bond acceptors (Lipinski definition) is 5. The number of hydrogen-bond donors (Lipinski definition) is 1. The molecule has 0 aliphatic carbocycles. The number of nitrogens with one attached hydrogen (secondary N) is 1. The first-order valence-corrected chi connectivity index (χ1v) is 8.83. The van der Waals surface area contributed by atoms with Gasteiger partial charge in [-0.1, -0.05) is 12.1 Å². The highest BCUT2D eigenvalue weighted by molar-refractivity contribution is 6.10. The summed E-state index contributed by atoms with van der Waals surface area (Å²) in [5.41, 5.74) is 2.71. The predicted octanol–water partition coefficient (Wildman–Crippen LogP) is 4.11. The number of benzene rings is 1. The molecule has 1 aromatic carbocycles. The second-order valence-electron chi connectivity index (χ2n) is 5.85. The van der Waals surface area contributed by atoms with E-state index in [9.17, 15) is 9.59 Å². The number of ketones is 1. The van der Waals surface area contributed by atoms with Gasteiger partial charge in [-0.25, -0.2) is 4.79 Å². The minimum absolute atomic E-state index is 0.208. The summed E-state index contributed by atoms with van der Waals surface area (Å²) in [6, 6.07) is 5.49. The molecular weight excluding hydrogens is 346 g/mol. The molecule has 1 aromatic heterocycles. The van der Waals surface area contributed by atoms with Gasteiger partial charge in [-0.3, -0.25) is 4.79 Å². The fraction of sp³-hybridized carbons (Fsp3) is 0.333. The van der Waals surface area contributed by atoms with E-state index < -0.39 is 5.97 Å². The number of H-pyrrole nitrogens is 1. The molecular formula is C21H25NO5. The van der Waals surface area contributed by atoms with Gasteiger partial charge in [-0.15, -0.1) is 0 Å². The van der Waals surface area contributed by atoms with Crippen LogP contribution in [0.2, 0.25) is 0 Å². The second-order valence-corrected chi connectivity index (χ2v) is 5.85. The molecule has 0 fully saturated rings. The van der Waals surface area contributed by atoms with Crippen molar-refractivity contribution in [3.05, 3.63) is 52.4 Å². The van der Waals surface area contributed by atoms with Crippen LogP contribution in [0.4, 0.5) is 0 Å². The van der Waals surface area contributed by atoms with Gasteiger partial charge in [-0.05, 0) is 51.5 Å². The van der Waals surface area contributed by atoms with Crippen LogP contribution in [0.5, 0.6) is 11.5 Å². The van der Waals surface area contributed by atoms with Crippen LogP contribution < -0.4 is 9.47 Å². The molecule has 1 N–H and O–H groups in total. The van der Waals surface area contributed by atoms with E-state index >= 15 is 0 Å². The molecule has 0 spiro atoms. The molecule has 0 unspecified atom stereocenters. The van der Waals surface area contributed by atoms with Crippen LogP contribution in [-0.4, -0.2) is 37.1 Å². The average Bonchev–Trinajstić information content (AvgIpc) is 2.94. The van der Waals surface area contributed by atoms with Gasteiger partial charge in [0.25, 0.3) is 0 Å². The number of methoxy groups -OCH3 is 1. The number of aryl methyl sites for hydroxylation is 1. The van der Waals surface area contributed by atoms with Crippen molar-refractivity contribution >= 4 is 17.8 Å². The molecule has 0 saturated heterocycles. The molecule has 2 aromatic rings. The van der Waals surface area contributed by atoms with Crippen LogP contribution in [0.3, 0.4) is 0 Å². The number of carbonyl (C=O) groups excluding carboxylic acids is 2. The summed E-state index contributed by atoms with van der Waals surface area (Å²) in [7, 11) is 1.56. The Morgan fingerprint density at radius 1 is 1.15 bits per heavy atom. The lowest BCUT2D eigenvalue weighted by Crippen LogP contribution is -2.07. The number of carbonyl (C=O) groups is 2. The predicted molar refractivity (Wildman–Crippen MR) is 104 cm³/mol. The van der Waals surface area contributed by atoms with Crippen LogP contribution in [0, 0.1) is 13.8 Å². The molecule has 1 heterocycles. The first-order valence-electron chi connectivity index (χ1n) is 8.83. The number of esters is 1. The summed E-state index contributed by atoms with van der Waals surface area (Å²) in [4.78, 5) is 27.7. The Kier molecular flexibility index (Phi) is 6.82. The van der Waals surface area contributed by atoms with Crippen molar-refractivity contribution in [1.29, 1.82) is 0 Å². The normalized spacial score (nSPS) is 10.9. The Hall–Kier alpha value is -3.02. The number of para-hydroxylation sites is 1. The number of ether oxygens (including phenoxy) is 3. The van der Waals surface area contributed by atoms with Gasteiger partial charge < -0.3 is 19.2 Å². The quantitative estimate of drug-likeness (QED) is 0.429. The fourth-order valence-corrected chi connectivity index (χ4v) is 2.93. The summed E-state index contributed by atoms with van der Waals surface area (Å²) in [5.74, 6) is 0.513. The largest absolute Gasteiger partial charge is 0.492 e. The van der Waals surface area contributed by atoms with E-state index in [0.717, 1.165) is 5.56 Å². The zero-order valence-electron chi connectivity index (χ0n) is 16.3. The summed E-state index contributed by atoms with van der Waals surface area (Å²) in [5, 5.41) is 0. The highest BCUT2D eigenvalue weighted by Gasteiger charge is 2.21. The smallest absolute Gasteiger partial charge is 0.355 e. The Balaban J connectivity index is 2.33. The molecule has 0 radical (unpaired) electrons. The lowest BCUT2D eigenvalue weighted by molar-refractivity contribution is 0.0519. The molecule has 0 bridgehead atoms. The van der Waals surface area contributed by atoms with Crippen molar-refractivity contribution in [2.24, 2.45) is 0 Å². The maximum Gasteiger partial charge on any atom is 0.355 e. The van der Waals surface area contributed by atoms with Crippen molar-refractivity contribution in [3.63, 3.8) is 0 Å². The minimum atomic E-state index is -0.466. The van der Waals surface area contributed by atoms with E-state index in [0.29, 0.717) is 40.6 Å². The molecule has 0 aliphatic rings. The monoisotopic (exact) mass is 371 g/mol. The van der Waals surface area contributed by atoms with Gasteiger partial charge in [0, 0.05) is 16.8 Å². The number of allylic oxidation sites excluding steroid dienone is 1. The molecule has 144 valence electrons. The van der Waals surface area contributed by atoms with Crippen molar-refractivity contribution in [2.45, 2.75) is 27.7 Å².